The van der Waals surface area contributed by atoms with Crippen molar-refractivity contribution in [2.75, 3.05) is 0 Å². The zero-order chi connectivity index (χ0) is 20.9. The van der Waals surface area contributed by atoms with Crippen LogP contribution < -0.4 is 11.7 Å². The molecular formula is C15H20N8O4. The first-order valence-corrected chi connectivity index (χ1v) is 6.97. The quantitative estimate of drug-likeness (QED) is 0.115. The van der Waals surface area contributed by atoms with Crippen LogP contribution in [-0.2, 0) is 16.0 Å². The summed E-state index contributed by atoms with van der Waals surface area (Å²) in [6, 6.07) is 8.49. The van der Waals surface area contributed by atoms with E-state index in [1.807, 2.05) is 0 Å². The van der Waals surface area contributed by atoms with E-state index in [1.165, 1.54) is 11.1 Å². The van der Waals surface area contributed by atoms with Crippen molar-refractivity contribution in [3.05, 3.63) is 53.6 Å². The Kier molecular flexibility index (Phi) is 16.8. The van der Waals surface area contributed by atoms with Crippen LogP contribution in [0, 0.1) is 11.1 Å². The van der Waals surface area contributed by atoms with Crippen LogP contribution in [0.25, 0.3) is 6.08 Å². The minimum Gasteiger partial charge on any atom is -0.478 e. The number of hydrogen-bond donors (Lipinski definition) is 6. The van der Waals surface area contributed by atoms with Gasteiger partial charge in [-0.2, -0.15) is 10.2 Å². The predicted octanol–water partition coefficient (Wildman–Crippen LogP) is 1.81. The number of fused-ring (bicyclic) bond motifs is 1. The van der Waals surface area contributed by atoms with Gasteiger partial charge < -0.3 is 21.9 Å². The van der Waals surface area contributed by atoms with Gasteiger partial charge in [0.15, 0.2) is 12.7 Å². The Labute approximate surface area is 154 Å². The molecule has 0 atom stereocenters. The third-order valence-corrected chi connectivity index (χ3v) is 2.31. The number of hydrazone groups is 2. The molecule has 12 nitrogen and oxygen atoms in total. The van der Waals surface area contributed by atoms with Crippen LogP contribution in [0.1, 0.15) is 11.1 Å². The van der Waals surface area contributed by atoms with Crippen molar-refractivity contribution >= 4 is 30.7 Å². The molecule has 0 saturated carbocycles. The number of carboxylic acid groups (broad SMARTS) is 2. The van der Waals surface area contributed by atoms with E-state index in [1.54, 1.807) is 0 Å². The number of hydrogen-bond acceptors (Lipinski definition) is 8. The Hall–Kier alpha value is -4.22. The fourth-order valence-electron chi connectivity index (χ4n) is 1.40. The second kappa shape index (κ2) is 18.1. The number of carboxylic acids is 2. The van der Waals surface area contributed by atoms with Crippen molar-refractivity contribution in [2.24, 2.45) is 32.1 Å². The molecule has 0 aliphatic heterocycles. The van der Waals surface area contributed by atoms with E-state index in [-0.39, 0.29) is 0 Å². The van der Waals surface area contributed by atoms with Crippen LogP contribution in [0.2, 0.25) is 0 Å². The lowest BCUT2D eigenvalue weighted by molar-refractivity contribution is -0.134. The Morgan fingerprint density at radius 1 is 0.963 bits per heavy atom. The van der Waals surface area contributed by atoms with Gasteiger partial charge in [0.05, 0.1) is 0 Å². The minimum atomic E-state index is -1.26. The smallest absolute Gasteiger partial charge is 0.328 e. The summed E-state index contributed by atoms with van der Waals surface area (Å²) < 4.78 is 0. The lowest BCUT2D eigenvalue weighted by Gasteiger charge is -1.93. The van der Waals surface area contributed by atoms with E-state index in [9.17, 15) is 9.59 Å². The standard InChI is InChI=1S/C9H8.C4H4O4.2CH4N4/c1-2-5-9-7-3-6-8(9)4-1;5-3(6)1-2-4(7)8;2*2-4-1-5-3/h1-6H,7H2;1-2H,(H,5,6)(H,7,8);2*1-2H,3H2/b;2-1-;;. The van der Waals surface area contributed by atoms with E-state index in [2.05, 4.69) is 68.5 Å². The second-order valence-corrected chi connectivity index (χ2v) is 4.10. The number of nitrogens with one attached hydrogen (secondary N) is 2. The molecule has 0 spiro atoms. The third-order valence-electron chi connectivity index (χ3n) is 2.31. The Morgan fingerprint density at radius 3 is 1.78 bits per heavy atom. The maximum absolute atomic E-state index is 9.55. The van der Waals surface area contributed by atoms with Gasteiger partial charge in [-0.05, 0) is 17.5 Å². The van der Waals surface area contributed by atoms with Gasteiger partial charge >= 0.3 is 11.9 Å². The summed E-state index contributed by atoms with van der Waals surface area (Å²) in [5.41, 5.74) is 14.8. The zero-order valence-electron chi connectivity index (χ0n) is 14.1. The van der Waals surface area contributed by atoms with E-state index in [4.69, 9.17) is 21.3 Å². The maximum Gasteiger partial charge on any atom is 0.328 e. The van der Waals surface area contributed by atoms with Gasteiger partial charge in [-0.15, -0.1) is 10.2 Å². The van der Waals surface area contributed by atoms with E-state index in [0.717, 1.165) is 19.1 Å². The zero-order valence-corrected chi connectivity index (χ0v) is 14.1. The SMILES string of the molecule is C1=Cc2ccccc2C1.N=NC=NN.N=NC=NN.O=C(O)/C=C\C(=O)O. The normalized spacial score (nSPS) is 10.7. The topological polar surface area (TPSA) is 224 Å². The molecule has 27 heavy (non-hydrogen) atoms. The van der Waals surface area contributed by atoms with Gasteiger partial charge in [0.1, 0.15) is 0 Å². The molecule has 0 fully saturated rings. The Bertz CT molecular complexity index is 682. The summed E-state index contributed by atoms with van der Waals surface area (Å²) in [5.74, 6) is 6.48. The minimum absolute atomic E-state index is 0.558. The Balaban J connectivity index is 0. The summed E-state index contributed by atoms with van der Waals surface area (Å²) in [5, 5.41) is 26.7. The highest BCUT2D eigenvalue weighted by molar-refractivity contribution is 5.89. The van der Waals surface area contributed by atoms with Crippen molar-refractivity contribution in [3.8, 4) is 0 Å². The number of allylic oxidation sites excluding steroid dienone is 1. The molecule has 0 aromatic heterocycles. The van der Waals surface area contributed by atoms with Crippen molar-refractivity contribution < 1.29 is 19.8 Å². The third kappa shape index (κ3) is 18.0. The fourth-order valence-corrected chi connectivity index (χ4v) is 1.40. The summed E-state index contributed by atoms with van der Waals surface area (Å²) >= 11 is 0. The summed E-state index contributed by atoms with van der Waals surface area (Å²) in [6.45, 7) is 0. The van der Waals surface area contributed by atoms with Crippen LogP contribution >= 0.6 is 0 Å². The van der Waals surface area contributed by atoms with E-state index >= 15 is 0 Å². The molecule has 1 aromatic carbocycles. The van der Waals surface area contributed by atoms with Crippen molar-refractivity contribution in [1.29, 1.82) is 11.1 Å². The van der Waals surface area contributed by atoms with Crippen molar-refractivity contribution in [3.63, 3.8) is 0 Å². The summed E-state index contributed by atoms with van der Waals surface area (Å²) in [6.07, 6.45) is 8.50. The molecule has 0 heterocycles. The summed E-state index contributed by atoms with van der Waals surface area (Å²) in [7, 11) is 0. The largest absolute Gasteiger partial charge is 0.478 e. The molecule has 144 valence electrons. The number of carbonyl (C=O) groups is 2. The van der Waals surface area contributed by atoms with Crippen LogP contribution in [0.15, 0.2) is 62.9 Å². The van der Waals surface area contributed by atoms with Gasteiger partial charge in [-0.25, -0.2) is 20.7 Å². The number of rotatable bonds is 4. The highest BCUT2D eigenvalue weighted by Crippen LogP contribution is 2.17. The molecule has 2 rings (SSSR count). The van der Waals surface area contributed by atoms with E-state index < -0.39 is 11.9 Å². The average Bonchev–Trinajstić information content (AvgIpc) is 3.12. The predicted molar refractivity (Wildman–Crippen MR) is 99.2 cm³/mol. The summed E-state index contributed by atoms with van der Waals surface area (Å²) in [4.78, 5) is 19.1. The highest BCUT2D eigenvalue weighted by atomic mass is 16.4. The first-order valence-electron chi connectivity index (χ1n) is 6.97. The van der Waals surface area contributed by atoms with Crippen LogP contribution in [0.4, 0.5) is 0 Å². The fraction of sp³-hybridized carbons (Fsp3) is 0.0667. The molecule has 0 saturated heterocycles. The second-order valence-electron chi connectivity index (χ2n) is 4.10. The molecule has 0 bridgehead atoms. The van der Waals surface area contributed by atoms with Gasteiger partial charge in [0.2, 0.25) is 0 Å². The lowest BCUT2D eigenvalue weighted by Crippen LogP contribution is -1.91. The van der Waals surface area contributed by atoms with Gasteiger partial charge in [-0.1, -0.05) is 36.4 Å². The first-order chi connectivity index (χ1) is 12.9. The molecule has 0 amide bonds. The first kappa shape index (κ1) is 25.0. The number of nitrogens with zero attached hydrogens (tertiary/aromatic N) is 4. The molecule has 0 radical (unpaired) electrons. The number of benzene rings is 1. The van der Waals surface area contributed by atoms with Crippen molar-refractivity contribution in [1.82, 2.24) is 0 Å². The molecule has 12 heteroatoms. The van der Waals surface area contributed by atoms with Crippen LogP contribution in [-0.4, -0.2) is 34.8 Å². The Morgan fingerprint density at radius 2 is 1.44 bits per heavy atom. The monoisotopic (exact) mass is 376 g/mol. The van der Waals surface area contributed by atoms with E-state index in [0.29, 0.717) is 12.2 Å². The molecule has 8 N–H and O–H groups in total. The maximum atomic E-state index is 9.55. The lowest BCUT2D eigenvalue weighted by atomic mass is 10.1. The number of aliphatic carboxylic acids is 2. The highest BCUT2D eigenvalue weighted by Gasteiger charge is 2.00. The molecule has 1 aliphatic rings. The van der Waals surface area contributed by atoms with Gasteiger partial charge in [-0.3, -0.25) is 0 Å². The van der Waals surface area contributed by atoms with Crippen LogP contribution in [0.3, 0.4) is 0 Å². The van der Waals surface area contributed by atoms with Gasteiger partial charge in [0.25, 0.3) is 0 Å². The molecule has 1 aliphatic carbocycles. The number of nitrogens with two attached hydrogens (primary N) is 2. The van der Waals surface area contributed by atoms with Crippen molar-refractivity contribution in [2.45, 2.75) is 6.42 Å². The molecular weight excluding hydrogens is 356 g/mol. The molecule has 1 aromatic rings. The van der Waals surface area contributed by atoms with Crippen LogP contribution in [0.5, 0.6) is 0 Å². The van der Waals surface area contributed by atoms with Gasteiger partial charge in [0, 0.05) is 12.2 Å². The average molecular weight is 376 g/mol. The molecule has 0 unspecified atom stereocenters.